The van der Waals surface area contributed by atoms with E-state index in [-0.39, 0.29) is 0 Å². The highest BCUT2D eigenvalue weighted by Crippen LogP contribution is 2.31. The SMILES string of the molecule is Cc1sc(C(=O)O)cc1CN1CCC(C)(C)CC1. The van der Waals surface area contributed by atoms with Gasteiger partial charge in [-0.25, -0.2) is 4.79 Å². The summed E-state index contributed by atoms with van der Waals surface area (Å²) in [7, 11) is 0. The van der Waals surface area contributed by atoms with E-state index in [1.165, 1.54) is 29.7 Å². The molecule has 1 fully saturated rings. The van der Waals surface area contributed by atoms with Gasteiger partial charge in [0.1, 0.15) is 4.88 Å². The number of rotatable bonds is 3. The molecule has 2 rings (SSSR count). The van der Waals surface area contributed by atoms with Crippen LogP contribution in [0.3, 0.4) is 0 Å². The first-order valence-corrected chi connectivity index (χ1v) is 7.24. The predicted molar refractivity (Wildman–Crippen MR) is 74.3 cm³/mol. The van der Waals surface area contributed by atoms with Crippen LogP contribution in [0.5, 0.6) is 0 Å². The molecule has 1 aliphatic rings. The summed E-state index contributed by atoms with van der Waals surface area (Å²) in [6.07, 6.45) is 2.45. The Bertz CT molecular complexity index is 441. The number of thiophene rings is 1. The van der Waals surface area contributed by atoms with Gasteiger partial charge in [0, 0.05) is 11.4 Å². The molecule has 0 unspecified atom stereocenters. The van der Waals surface area contributed by atoms with Crippen molar-refractivity contribution in [3.8, 4) is 0 Å². The molecule has 3 nitrogen and oxygen atoms in total. The van der Waals surface area contributed by atoms with E-state index < -0.39 is 5.97 Å². The zero-order chi connectivity index (χ0) is 13.3. The average Bonchev–Trinajstić information content (AvgIpc) is 2.64. The third-order valence-electron chi connectivity index (χ3n) is 3.83. The van der Waals surface area contributed by atoms with E-state index in [9.17, 15) is 4.79 Å². The highest BCUT2D eigenvalue weighted by atomic mass is 32.1. The Hall–Kier alpha value is -0.870. The number of carbonyl (C=O) groups is 1. The summed E-state index contributed by atoms with van der Waals surface area (Å²) in [4.78, 5) is 15.0. The van der Waals surface area contributed by atoms with Gasteiger partial charge in [-0.3, -0.25) is 4.90 Å². The van der Waals surface area contributed by atoms with Gasteiger partial charge in [-0.15, -0.1) is 11.3 Å². The summed E-state index contributed by atoms with van der Waals surface area (Å²) in [5.74, 6) is -0.811. The van der Waals surface area contributed by atoms with E-state index >= 15 is 0 Å². The number of carboxylic acid groups (broad SMARTS) is 1. The third kappa shape index (κ3) is 3.12. The van der Waals surface area contributed by atoms with Crippen LogP contribution in [-0.4, -0.2) is 29.1 Å². The maximum Gasteiger partial charge on any atom is 0.345 e. The molecule has 18 heavy (non-hydrogen) atoms. The molecule has 1 aromatic heterocycles. The Morgan fingerprint density at radius 3 is 2.56 bits per heavy atom. The molecule has 4 heteroatoms. The molecule has 1 aliphatic heterocycles. The zero-order valence-corrected chi connectivity index (χ0v) is 12.1. The normalized spacial score (nSPS) is 19.9. The van der Waals surface area contributed by atoms with Gasteiger partial charge in [0.25, 0.3) is 0 Å². The molecule has 0 bridgehead atoms. The van der Waals surface area contributed by atoms with E-state index in [0.29, 0.717) is 10.3 Å². The molecule has 0 atom stereocenters. The van der Waals surface area contributed by atoms with Gasteiger partial charge in [0.15, 0.2) is 0 Å². The molecule has 1 N–H and O–H groups in total. The van der Waals surface area contributed by atoms with E-state index in [4.69, 9.17) is 5.11 Å². The molecule has 0 amide bonds. The lowest BCUT2D eigenvalue weighted by Crippen LogP contribution is -2.36. The number of carboxylic acids is 1. The lowest BCUT2D eigenvalue weighted by Gasteiger charge is -2.36. The fraction of sp³-hybridized carbons (Fsp3) is 0.643. The maximum absolute atomic E-state index is 10.9. The predicted octanol–water partition coefficient (Wildman–Crippen LogP) is 3.38. The first-order valence-electron chi connectivity index (χ1n) is 6.42. The third-order valence-corrected chi connectivity index (χ3v) is 4.92. The number of aromatic carboxylic acids is 1. The average molecular weight is 267 g/mol. The molecule has 2 heterocycles. The van der Waals surface area contributed by atoms with Crippen molar-refractivity contribution in [1.82, 2.24) is 4.90 Å². The highest BCUT2D eigenvalue weighted by molar-refractivity contribution is 7.14. The van der Waals surface area contributed by atoms with Crippen molar-refractivity contribution in [3.05, 3.63) is 21.4 Å². The van der Waals surface area contributed by atoms with Crippen molar-refractivity contribution in [2.24, 2.45) is 5.41 Å². The van der Waals surface area contributed by atoms with Crippen LogP contribution >= 0.6 is 11.3 Å². The monoisotopic (exact) mass is 267 g/mol. The molecule has 0 aliphatic carbocycles. The van der Waals surface area contributed by atoms with Crippen LogP contribution in [0.2, 0.25) is 0 Å². The Morgan fingerprint density at radius 2 is 2.06 bits per heavy atom. The number of likely N-dealkylation sites (tertiary alicyclic amines) is 1. The molecule has 0 aromatic carbocycles. The van der Waals surface area contributed by atoms with Crippen LogP contribution in [0.25, 0.3) is 0 Å². The Morgan fingerprint density at radius 1 is 1.44 bits per heavy atom. The maximum atomic E-state index is 10.9. The molecular formula is C14H21NO2S. The van der Waals surface area contributed by atoms with E-state index in [2.05, 4.69) is 18.7 Å². The van der Waals surface area contributed by atoms with Crippen LogP contribution in [0, 0.1) is 12.3 Å². The standard InChI is InChI=1S/C14H21NO2S/c1-10-11(8-12(18-10)13(16)17)9-15-6-4-14(2,3)5-7-15/h8H,4-7,9H2,1-3H3,(H,16,17). The van der Waals surface area contributed by atoms with Crippen molar-refractivity contribution in [1.29, 1.82) is 0 Å². The minimum Gasteiger partial charge on any atom is -0.477 e. The fourth-order valence-electron chi connectivity index (χ4n) is 2.34. The summed E-state index contributed by atoms with van der Waals surface area (Å²) in [5.41, 5.74) is 1.64. The molecule has 100 valence electrons. The van der Waals surface area contributed by atoms with Crippen LogP contribution in [0.1, 0.15) is 46.8 Å². The summed E-state index contributed by atoms with van der Waals surface area (Å²) in [6, 6.07) is 1.84. The van der Waals surface area contributed by atoms with Gasteiger partial charge in [-0.1, -0.05) is 13.8 Å². The summed E-state index contributed by atoms with van der Waals surface area (Å²) in [6.45, 7) is 9.78. The second-order valence-corrected chi connectivity index (χ2v) is 7.19. The highest BCUT2D eigenvalue weighted by Gasteiger charge is 2.25. The second-order valence-electron chi connectivity index (χ2n) is 5.94. The summed E-state index contributed by atoms with van der Waals surface area (Å²) >= 11 is 1.38. The molecule has 0 saturated carbocycles. The lowest BCUT2D eigenvalue weighted by atomic mass is 9.82. The van der Waals surface area contributed by atoms with E-state index in [1.54, 1.807) is 0 Å². The molecule has 0 radical (unpaired) electrons. The van der Waals surface area contributed by atoms with Gasteiger partial charge in [0.2, 0.25) is 0 Å². The molecule has 0 spiro atoms. The van der Waals surface area contributed by atoms with Crippen LogP contribution in [0.15, 0.2) is 6.07 Å². The summed E-state index contributed by atoms with van der Waals surface area (Å²) in [5, 5.41) is 8.99. The Labute approximate surface area is 112 Å². The van der Waals surface area contributed by atoms with E-state index in [1.807, 2.05) is 13.0 Å². The molecule has 1 saturated heterocycles. The number of aryl methyl sites for hydroxylation is 1. The van der Waals surface area contributed by atoms with Gasteiger partial charge < -0.3 is 5.11 Å². The number of hydrogen-bond acceptors (Lipinski definition) is 3. The van der Waals surface area contributed by atoms with E-state index in [0.717, 1.165) is 24.5 Å². The zero-order valence-electron chi connectivity index (χ0n) is 11.3. The minimum absolute atomic E-state index is 0.458. The van der Waals surface area contributed by atoms with Gasteiger partial charge in [0.05, 0.1) is 0 Å². The van der Waals surface area contributed by atoms with Gasteiger partial charge in [-0.05, 0) is 49.9 Å². The van der Waals surface area contributed by atoms with Gasteiger partial charge in [-0.2, -0.15) is 0 Å². The van der Waals surface area contributed by atoms with Crippen LogP contribution in [0.4, 0.5) is 0 Å². The topological polar surface area (TPSA) is 40.5 Å². The minimum atomic E-state index is -0.811. The van der Waals surface area contributed by atoms with Crippen molar-refractivity contribution in [2.45, 2.75) is 40.2 Å². The van der Waals surface area contributed by atoms with Gasteiger partial charge >= 0.3 is 5.97 Å². The quantitative estimate of drug-likeness (QED) is 0.912. The first kappa shape index (κ1) is 13.6. The molecular weight excluding hydrogens is 246 g/mol. The Kier molecular flexibility index (Phi) is 3.78. The Balaban J connectivity index is 2.00. The summed E-state index contributed by atoms with van der Waals surface area (Å²) < 4.78 is 0. The van der Waals surface area contributed by atoms with Crippen molar-refractivity contribution >= 4 is 17.3 Å². The van der Waals surface area contributed by atoms with Crippen molar-refractivity contribution < 1.29 is 9.90 Å². The van der Waals surface area contributed by atoms with Crippen LogP contribution < -0.4 is 0 Å². The van der Waals surface area contributed by atoms with Crippen LogP contribution in [-0.2, 0) is 6.54 Å². The van der Waals surface area contributed by atoms with Crippen molar-refractivity contribution in [3.63, 3.8) is 0 Å². The first-order chi connectivity index (χ1) is 8.37. The lowest BCUT2D eigenvalue weighted by molar-refractivity contribution is 0.0702. The smallest absolute Gasteiger partial charge is 0.345 e. The fourth-order valence-corrected chi connectivity index (χ4v) is 3.21. The molecule has 1 aromatic rings. The second kappa shape index (κ2) is 5.02. The largest absolute Gasteiger partial charge is 0.477 e. The number of piperidine rings is 1. The number of hydrogen-bond donors (Lipinski definition) is 1. The number of nitrogens with zero attached hydrogens (tertiary/aromatic N) is 1. The van der Waals surface area contributed by atoms with Crippen molar-refractivity contribution in [2.75, 3.05) is 13.1 Å².